The average Bonchev–Trinajstić information content (AvgIpc) is 1.58. The van der Waals surface area contributed by atoms with Crippen LogP contribution in [0.3, 0.4) is 0 Å². The molecule has 2 radical (unpaired) electrons. The van der Waals surface area contributed by atoms with Gasteiger partial charge in [0, 0.05) is 78.8 Å². The molecule has 4 aromatic carbocycles. The number of carbonyl (C=O) groups excluding carboxylic acids is 2. The molecular formula is C71H89Cl3N20O16S2V2. The van der Waals surface area contributed by atoms with Gasteiger partial charge in [-0.3, -0.25) is 39.6 Å². The third kappa shape index (κ3) is 29.9. The largest absolute Gasteiger partial charge is 0.508 e. The Morgan fingerprint density at radius 1 is 0.746 bits per heavy atom. The molecule has 1 fully saturated rings. The van der Waals surface area contributed by atoms with Crippen molar-refractivity contribution in [3.63, 3.8) is 0 Å². The number of aromatic amines is 2. The van der Waals surface area contributed by atoms with Crippen molar-refractivity contribution >= 4 is 139 Å². The maximum atomic E-state index is 12.5. The summed E-state index contributed by atoms with van der Waals surface area (Å²) >= 11 is 19.5. The predicted molar refractivity (Wildman–Crippen MR) is 435 cm³/mol. The minimum atomic E-state index is -0.845. The topological polar surface area (TPSA) is 486 Å². The van der Waals surface area contributed by atoms with E-state index in [2.05, 4.69) is 82.9 Å². The molecule has 6 aromatic heterocycles. The van der Waals surface area contributed by atoms with E-state index in [0.717, 1.165) is 89.1 Å². The number of aromatic nitrogens is 12. The number of amides is 2. The predicted octanol–water partition coefficient (Wildman–Crippen LogP) is 12.6. The minimum absolute atomic E-state index is 0. The van der Waals surface area contributed by atoms with Crippen LogP contribution >= 0.6 is 58.3 Å². The number of benzene rings is 4. The van der Waals surface area contributed by atoms with E-state index in [1.165, 1.54) is 24.5 Å². The number of fused-ring (bicyclic) bond motifs is 4. The maximum Gasteiger partial charge on any atom is 0.415 e. The summed E-state index contributed by atoms with van der Waals surface area (Å²) < 4.78 is 33.6. The second-order valence-electron chi connectivity index (χ2n) is 22.9. The maximum absolute atomic E-state index is 12.5. The summed E-state index contributed by atoms with van der Waals surface area (Å²) in [4.78, 5) is 108. The van der Waals surface area contributed by atoms with Crippen LogP contribution < -0.4 is 57.9 Å². The van der Waals surface area contributed by atoms with Crippen LogP contribution in [0.1, 0.15) is 84.4 Å². The Morgan fingerprint density at radius 3 is 1.94 bits per heavy atom. The van der Waals surface area contributed by atoms with Gasteiger partial charge in [0.1, 0.15) is 34.0 Å². The Labute approximate surface area is 704 Å². The number of phenols is 1. The van der Waals surface area contributed by atoms with Crippen LogP contribution in [0.15, 0.2) is 117 Å². The van der Waals surface area contributed by atoms with Gasteiger partial charge in [0.2, 0.25) is 33.8 Å². The zero-order valence-electron chi connectivity index (χ0n) is 63.0. The standard InChI is InChI=1S/C16H17ClN4O5S.C16H20N6O3.C16H18N6O2.C8H9ClN4O4S.C8H9ClO.C4H8O.C3H4.2V.2H2/c1-4-26-16(22)20(9-10-6-5-7-11(8-10)25-2)14-12(21(23)24)13(17)18-15(19-14)27-3;17-13-12-14(21-15(20-13)18-6-1-2-7-23)22(16(25)19-12)9-10-4-3-5-11(24)8-10;17-13-12-14-21-15(20-13)18-6-1-2-7-24-11-5-3-4-10(8-11)9-22(14)16(23)19-12;1-3-17-8(14)12-6-4(13(15)16)5(9)10-7(11-6)18-2;1-10-8-4-2-3-7(5-8)6-9;1-2-4-5-3-1;1-3-2;;;;/h5-8H,4,9H2,1-3H3;3-5,8,23-24H,1-2,6-7,9H2,(H,19,25)(H3,17,18,20,21);3-5,8H,1-2,6-7,9H2,(H,19,23)(H3,17,18,20,21);3H2,1-2H3,(H,10,11,12,14);2-5H,6H2,1H3;1-4H2;1H,2H3;;;2*1H. The van der Waals surface area contributed by atoms with E-state index in [0.29, 0.717) is 84.1 Å². The van der Waals surface area contributed by atoms with Gasteiger partial charge in [-0.15, -0.1) is 23.9 Å². The van der Waals surface area contributed by atoms with Gasteiger partial charge in [-0.05, 0) is 143 Å². The molecule has 0 aliphatic carbocycles. The third-order valence-corrected chi connectivity index (χ3v) is 16.9. The van der Waals surface area contributed by atoms with Crippen molar-refractivity contribution < 1.29 is 98.0 Å². The normalized spacial score (nSPS) is 11.5. The van der Waals surface area contributed by atoms with E-state index < -0.39 is 33.4 Å². The van der Waals surface area contributed by atoms with Crippen molar-refractivity contribution in [2.45, 2.75) is 95.1 Å². The molecule has 0 spiro atoms. The van der Waals surface area contributed by atoms with Crippen LogP contribution in [-0.2, 0) is 76.8 Å². The number of halogens is 3. The quantitative estimate of drug-likeness (QED) is 0.00500. The van der Waals surface area contributed by atoms with Crippen LogP contribution in [0.2, 0.25) is 10.3 Å². The summed E-state index contributed by atoms with van der Waals surface area (Å²) in [6.07, 6.45) is 12.2. The van der Waals surface area contributed by atoms with Crippen LogP contribution in [-0.4, -0.2) is 171 Å². The molecule has 10 aromatic rings. The Bertz CT molecular complexity index is 4940. The molecule has 2 aliphatic heterocycles. The van der Waals surface area contributed by atoms with Gasteiger partial charge in [0.15, 0.2) is 33.2 Å². The van der Waals surface area contributed by atoms with E-state index in [-0.39, 0.29) is 134 Å². The van der Waals surface area contributed by atoms with E-state index in [9.17, 15) is 44.5 Å². The summed E-state index contributed by atoms with van der Waals surface area (Å²) in [6, 6.07) is 29.1. The monoisotopic (exact) mass is 1750 g/mol. The number of rotatable bonds is 20. The molecule has 36 nitrogen and oxygen atoms in total. The Hall–Kier alpha value is -10.3. The number of terminal acetylenes is 1. The molecular weight excluding hydrogens is 1660 g/mol. The number of hydrogen-bond acceptors (Lipinski definition) is 30. The van der Waals surface area contributed by atoms with E-state index >= 15 is 0 Å². The fourth-order valence-electron chi connectivity index (χ4n) is 9.86. The first-order valence-electron chi connectivity index (χ1n) is 34.2. The molecule has 43 heteroatoms. The zero-order valence-corrected chi connectivity index (χ0v) is 69.7. The van der Waals surface area contributed by atoms with Gasteiger partial charge in [-0.2, -0.15) is 29.9 Å². The molecule has 11 N–H and O–H groups in total. The number of H-pyrrole nitrogens is 2. The first kappa shape index (κ1) is 96.1. The SMILES string of the molecule is C#CC.C1CCOC1.CCOC(=O)N(Cc1cccc(OC)c1)c1nc(SC)nc(Cl)c1[N+](=O)[O-].CCOC(=O)Nc1nc(SC)nc(Cl)c1[N+](=O)[O-].COc1cccc(CCl)c1.Nc1nc(NCCCCO)nc2c1[nH]c(=O)n2Cc1cccc(O)c1.Nc1nc2nc3c1[nH]c(=O)n3Cc1cccc(c1)OCCCCN2.[HH].[HH].[V].[V]. The number of nitrogens with one attached hydrogen (secondary N) is 5. The fraction of sp³-hybridized carbons (Fsp3) is 0.352. The zero-order chi connectivity index (χ0) is 81.7. The third-order valence-electron chi connectivity index (χ3n) is 15.0. The molecule has 12 rings (SSSR count). The van der Waals surface area contributed by atoms with Crippen molar-refractivity contribution in [2.75, 3.05) is 112 Å². The fourth-order valence-corrected chi connectivity index (χ4v) is 11.3. The van der Waals surface area contributed by atoms with E-state index in [4.69, 9.17) is 75.1 Å². The molecule has 2 amide bonds. The van der Waals surface area contributed by atoms with Crippen molar-refractivity contribution in [1.82, 2.24) is 59.0 Å². The second-order valence-corrected chi connectivity index (χ2v) is 25.4. The van der Waals surface area contributed by atoms with Crippen LogP contribution in [0.4, 0.5) is 56.1 Å². The number of phenolic OH excluding ortho intramolecular Hbond substituents is 1. The van der Waals surface area contributed by atoms with Gasteiger partial charge < -0.3 is 70.7 Å². The number of hydrogen-bond donors (Lipinski definition) is 9. The van der Waals surface area contributed by atoms with E-state index in [1.54, 1.807) is 87.4 Å². The van der Waals surface area contributed by atoms with Gasteiger partial charge >= 0.3 is 34.9 Å². The Morgan fingerprint density at radius 2 is 1.33 bits per heavy atom. The molecule has 4 bridgehead atoms. The molecule has 0 atom stereocenters. The molecule has 1 saturated heterocycles. The number of anilines is 6. The Balaban J connectivity index is 0.000000486. The number of nitro groups is 2. The number of aliphatic hydroxyl groups is 1. The smallest absolute Gasteiger partial charge is 0.415 e. The summed E-state index contributed by atoms with van der Waals surface area (Å²) in [5, 5.41) is 48.8. The second kappa shape index (κ2) is 50.7. The summed E-state index contributed by atoms with van der Waals surface area (Å²) in [5.74, 6) is 5.85. The molecule has 0 saturated carbocycles. The number of nitrogen functional groups attached to an aromatic ring is 2. The summed E-state index contributed by atoms with van der Waals surface area (Å²) in [6.45, 7) is 9.79. The molecule has 2 aliphatic rings. The number of unbranched alkanes of at least 4 members (excludes halogenated alkanes) is 1. The number of methoxy groups -OCH3 is 2. The molecule has 0 unspecified atom stereocenters. The number of thioether (sulfide) groups is 2. The number of nitrogens with zero attached hydrogens (tertiary/aromatic N) is 13. The molecule has 114 heavy (non-hydrogen) atoms. The number of ether oxygens (including phenoxy) is 6. The van der Waals surface area contributed by atoms with Crippen molar-refractivity contribution in [3.05, 3.63) is 171 Å². The summed E-state index contributed by atoms with van der Waals surface area (Å²) in [5.41, 5.74) is 15.4. The molecule has 612 valence electrons. The van der Waals surface area contributed by atoms with Crippen LogP contribution in [0.5, 0.6) is 23.0 Å². The van der Waals surface area contributed by atoms with Gasteiger partial charge in [-0.25, -0.2) is 29.1 Å². The number of nitrogens with two attached hydrogens (primary N) is 2. The average molecular weight is 1750 g/mol. The first-order valence-corrected chi connectivity index (χ1v) is 38.0. The summed E-state index contributed by atoms with van der Waals surface area (Å²) in [7, 11) is 3.16. The van der Waals surface area contributed by atoms with Crippen LogP contribution in [0.25, 0.3) is 22.3 Å². The van der Waals surface area contributed by atoms with Crippen molar-refractivity contribution in [3.8, 4) is 35.3 Å². The van der Waals surface area contributed by atoms with Crippen molar-refractivity contribution in [2.24, 2.45) is 0 Å². The van der Waals surface area contributed by atoms with E-state index in [1.807, 2.05) is 54.6 Å². The Kier molecular flexibility index (Phi) is 42.8. The van der Waals surface area contributed by atoms with Gasteiger partial charge in [0.25, 0.3) is 0 Å². The number of imidazole rings is 2. The van der Waals surface area contributed by atoms with Gasteiger partial charge in [-0.1, -0.05) is 95.3 Å². The first-order chi connectivity index (χ1) is 54.0. The number of alkyl halides is 1. The van der Waals surface area contributed by atoms with Crippen molar-refractivity contribution in [1.29, 1.82) is 0 Å². The number of aromatic hydroxyl groups is 1. The molecule has 8 heterocycles. The minimum Gasteiger partial charge on any atom is -0.508 e. The number of carbonyl (C=O) groups is 2. The number of aliphatic hydroxyl groups excluding tert-OH is 1. The van der Waals surface area contributed by atoms with Gasteiger partial charge in [0.05, 0.1) is 63.5 Å². The van der Waals surface area contributed by atoms with Crippen LogP contribution in [0, 0.1) is 32.6 Å².